The second-order valence-electron chi connectivity index (χ2n) is 4.33. The predicted octanol–water partition coefficient (Wildman–Crippen LogP) is 1.35. The van der Waals surface area contributed by atoms with Gasteiger partial charge in [0.05, 0.1) is 0 Å². The quantitative estimate of drug-likeness (QED) is 0.546. The molecule has 0 aromatic carbocycles. The number of aliphatic carboxylic acids is 1. The summed E-state index contributed by atoms with van der Waals surface area (Å²) < 4.78 is 4.85. The normalized spacial score (nSPS) is 13.7. The van der Waals surface area contributed by atoms with E-state index in [2.05, 4.69) is 10.6 Å². The standard InChI is InChI=1S/C12H24N2O4/c1-4-6-9(2)13-12(17)14-10(11(15)16)7-5-8-18-3/h9-10H,4-8H2,1-3H3,(H,15,16)(H2,13,14,17). The number of hydrogen-bond acceptors (Lipinski definition) is 3. The van der Waals surface area contributed by atoms with Crippen molar-refractivity contribution in [2.75, 3.05) is 13.7 Å². The number of amides is 2. The number of nitrogens with one attached hydrogen (secondary N) is 2. The third-order valence-corrected chi connectivity index (χ3v) is 2.54. The van der Waals surface area contributed by atoms with E-state index >= 15 is 0 Å². The number of carbonyl (C=O) groups excluding carboxylic acids is 1. The van der Waals surface area contributed by atoms with E-state index in [1.165, 1.54) is 0 Å². The van der Waals surface area contributed by atoms with E-state index in [4.69, 9.17) is 9.84 Å². The summed E-state index contributed by atoms with van der Waals surface area (Å²) in [6, 6.07) is -1.25. The third-order valence-electron chi connectivity index (χ3n) is 2.54. The van der Waals surface area contributed by atoms with E-state index in [0.717, 1.165) is 12.8 Å². The fourth-order valence-corrected chi connectivity index (χ4v) is 1.62. The van der Waals surface area contributed by atoms with Crippen LogP contribution in [0.3, 0.4) is 0 Å². The molecule has 0 aromatic heterocycles. The Morgan fingerprint density at radius 2 is 1.94 bits per heavy atom. The van der Waals surface area contributed by atoms with Gasteiger partial charge in [-0.1, -0.05) is 13.3 Å². The second-order valence-corrected chi connectivity index (χ2v) is 4.33. The van der Waals surface area contributed by atoms with Gasteiger partial charge in [0.2, 0.25) is 0 Å². The van der Waals surface area contributed by atoms with Crippen molar-refractivity contribution < 1.29 is 19.4 Å². The summed E-state index contributed by atoms with van der Waals surface area (Å²) in [6.07, 6.45) is 2.80. The summed E-state index contributed by atoms with van der Waals surface area (Å²) in [4.78, 5) is 22.5. The van der Waals surface area contributed by atoms with Gasteiger partial charge in [-0.05, 0) is 26.2 Å². The van der Waals surface area contributed by atoms with E-state index < -0.39 is 18.0 Å². The third kappa shape index (κ3) is 7.89. The molecule has 2 amide bonds. The van der Waals surface area contributed by atoms with Crippen LogP contribution in [0.25, 0.3) is 0 Å². The van der Waals surface area contributed by atoms with Crippen LogP contribution in [0.15, 0.2) is 0 Å². The van der Waals surface area contributed by atoms with Crippen LogP contribution in [0.1, 0.15) is 39.5 Å². The molecule has 0 saturated carbocycles. The molecule has 0 rings (SSSR count). The molecular weight excluding hydrogens is 236 g/mol. The minimum atomic E-state index is -1.02. The highest BCUT2D eigenvalue weighted by atomic mass is 16.5. The largest absolute Gasteiger partial charge is 0.480 e. The number of ether oxygens (including phenoxy) is 1. The first-order chi connectivity index (χ1) is 8.51. The van der Waals surface area contributed by atoms with Gasteiger partial charge in [-0.3, -0.25) is 0 Å². The maximum Gasteiger partial charge on any atom is 0.326 e. The lowest BCUT2D eigenvalue weighted by Crippen LogP contribution is -2.48. The van der Waals surface area contributed by atoms with Crippen molar-refractivity contribution in [1.29, 1.82) is 0 Å². The van der Waals surface area contributed by atoms with E-state index in [-0.39, 0.29) is 6.04 Å². The average molecular weight is 260 g/mol. The molecule has 0 fully saturated rings. The summed E-state index contributed by atoms with van der Waals surface area (Å²) >= 11 is 0. The van der Waals surface area contributed by atoms with Gasteiger partial charge < -0.3 is 20.5 Å². The lowest BCUT2D eigenvalue weighted by atomic mass is 10.1. The first kappa shape index (κ1) is 16.7. The van der Waals surface area contributed by atoms with Crippen molar-refractivity contribution in [3.63, 3.8) is 0 Å². The van der Waals surface area contributed by atoms with Crippen LogP contribution in [0.2, 0.25) is 0 Å². The maximum absolute atomic E-state index is 11.6. The molecule has 2 atom stereocenters. The van der Waals surface area contributed by atoms with Crippen LogP contribution in [-0.4, -0.2) is 42.9 Å². The molecule has 6 heteroatoms. The van der Waals surface area contributed by atoms with Gasteiger partial charge in [0.15, 0.2) is 0 Å². The van der Waals surface area contributed by atoms with Crippen LogP contribution < -0.4 is 10.6 Å². The van der Waals surface area contributed by atoms with Crippen molar-refractivity contribution in [2.45, 2.75) is 51.6 Å². The highest BCUT2D eigenvalue weighted by Gasteiger charge is 2.19. The van der Waals surface area contributed by atoms with Gasteiger partial charge in [0, 0.05) is 19.8 Å². The Kier molecular flexibility index (Phi) is 9.00. The zero-order valence-electron chi connectivity index (χ0n) is 11.4. The molecular formula is C12H24N2O4. The number of carboxylic acids is 1. The van der Waals surface area contributed by atoms with Crippen molar-refractivity contribution >= 4 is 12.0 Å². The number of rotatable bonds is 9. The lowest BCUT2D eigenvalue weighted by Gasteiger charge is -2.18. The molecule has 0 spiro atoms. The molecule has 0 aliphatic carbocycles. The molecule has 0 aliphatic heterocycles. The highest BCUT2D eigenvalue weighted by Crippen LogP contribution is 1.99. The van der Waals surface area contributed by atoms with Gasteiger partial charge in [-0.25, -0.2) is 9.59 Å². The van der Waals surface area contributed by atoms with Crippen molar-refractivity contribution in [3.05, 3.63) is 0 Å². The van der Waals surface area contributed by atoms with E-state index in [1.54, 1.807) is 7.11 Å². The first-order valence-corrected chi connectivity index (χ1v) is 6.30. The van der Waals surface area contributed by atoms with Gasteiger partial charge in [-0.15, -0.1) is 0 Å². The molecule has 18 heavy (non-hydrogen) atoms. The summed E-state index contributed by atoms with van der Waals surface area (Å²) in [5.41, 5.74) is 0. The highest BCUT2D eigenvalue weighted by molar-refractivity contribution is 5.82. The number of urea groups is 1. The Hall–Kier alpha value is -1.30. The van der Waals surface area contributed by atoms with Crippen LogP contribution in [0.4, 0.5) is 4.79 Å². The smallest absolute Gasteiger partial charge is 0.326 e. The Balaban J connectivity index is 4.07. The summed E-state index contributed by atoms with van der Waals surface area (Å²) in [6.45, 7) is 4.41. The first-order valence-electron chi connectivity index (χ1n) is 6.30. The topological polar surface area (TPSA) is 87.7 Å². The van der Waals surface area contributed by atoms with E-state index in [0.29, 0.717) is 19.4 Å². The van der Waals surface area contributed by atoms with E-state index in [9.17, 15) is 9.59 Å². The molecule has 0 aliphatic rings. The molecule has 106 valence electrons. The lowest BCUT2D eigenvalue weighted by molar-refractivity contribution is -0.139. The molecule has 0 heterocycles. The number of carbonyl (C=O) groups is 2. The number of hydrogen-bond donors (Lipinski definition) is 3. The Bertz CT molecular complexity index is 258. The minimum Gasteiger partial charge on any atom is -0.480 e. The Morgan fingerprint density at radius 3 is 2.44 bits per heavy atom. The maximum atomic E-state index is 11.6. The zero-order chi connectivity index (χ0) is 14.0. The molecule has 0 bridgehead atoms. The van der Waals surface area contributed by atoms with Gasteiger partial charge >= 0.3 is 12.0 Å². The molecule has 0 radical (unpaired) electrons. The molecule has 2 unspecified atom stereocenters. The number of methoxy groups -OCH3 is 1. The van der Waals surface area contributed by atoms with Crippen LogP contribution in [0.5, 0.6) is 0 Å². The van der Waals surface area contributed by atoms with Gasteiger partial charge in [0.1, 0.15) is 6.04 Å². The minimum absolute atomic E-state index is 0.0448. The van der Waals surface area contributed by atoms with Crippen LogP contribution in [0, 0.1) is 0 Å². The SMILES string of the molecule is CCCC(C)NC(=O)NC(CCCOC)C(=O)O. The van der Waals surface area contributed by atoms with Crippen molar-refractivity contribution in [3.8, 4) is 0 Å². The summed E-state index contributed by atoms with van der Waals surface area (Å²) in [7, 11) is 1.56. The van der Waals surface area contributed by atoms with Crippen LogP contribution in [-0.2, 0) is 9.53 Å². The van der Waals surface area contributed by atoms with Crippen molar-refractivity contribution in [2.24, 2.45) is 0 Å². The Morgan fingerprint density at radius 1 is 1.28 bits per heavy atom. The summed E-state index contributed by atoms with van der Waals surface area (Å²) in [5, 5.41) is 14.1. The molecule has 6 nitrogen and oxygen atoms in total. The molecule has 0 saturated heterocycles. The van der Waals surface area contributed by atoms with Gasteiger partial charge in [-0.2, -0.15) is 0 Å². The summed E-state index contributed by atoms with van der Waals surface area (Å²) in [5.74, 6) is -1.02. The van der Waals surface area contributed by atoms with E-state index in [1.807, 2.05) is 13.8 Å². The van der Waals surface area contributed by atoms with Crippen molar-refractivity contribution in [1.82, 2.24) is 10.6 Å². The second kappa shape index (κ2) is 9.70. The van der Waals surface area contributed by atoms with Crippen LogP contribution >= 0.6 is 0 Å². The Labute approximate surface area is 108 Å². The molecule has 3 N–H and O–H groups in total. The predicted molar refractivity (Wildman–Crippen MR) is 68.6 cm³/mol. The van der Waals surface area contributed by atoms with Gasteiger partial charge in [0.25, 0.3) is 0 Å². The monoisotopic (exact) mass is 260 g/mol. The zero-order valence-corrected chi connectivity index (χ0v) is 11.4. The molecule has 0 aromatic rings. The fourth-order valence-electron chi connectivity index (χ4n) is 1.62. The number of carboxylic acid groups (broad SMARTS) is 1. The fraction of sp³-hybridized carbons (Fsp3) is 0.833. The average Bonchev–Trinajstić information content (AvgIpc) is 2.27.